The smallest absolute Gasteiger partial charge is 0.237 e. The molecule has 2 rings (SSSR count). The topological polar surface area (TPSA) is 45.9 Å². The van der Waals surface area contributed by atoms with Gasteiger partial charge in [-0.3, -0.25) is 0 Å². The van der Waals surface area contributed by atoms with Gasteiger partial charge in [0.1, 0.15) is 17.4 Å². The molecule has 0 unspecified atom stereocenters. The van der Waals surface area contributed by atoms with Crippen LogP contribution in [0.3, 0.4) is 0 Å². The lowest BCUT2D eigenvalue weighted by Gasteiger charge is -2.10. The second-order valence-electron chi connectivity index (χ2n) is 4.29. The molecule has 18 heavy (non-hydrogen) atoms. The van der Waals surface area contributed by atoms with Crippen LogP contribution in [0.15, 0.2) is 30.3 Å². The molecule has 0 aliphatic carbocycles. The lowest BCUT2D eigenvalue weighted by molar-refractivity contribution is 0.456. The predicted molar refractivity (Wildman–Crippen MR) is 69.7 cm³/mol. The molecular weight excluding hydrogens is 224 g/mol. The van der Waals surface area contributed by atoms with Gasteiger partial charge in [0.25, 0.3) is 0 Å². The maximum atomic E-state index is 9.04. The minimum Gasteiger partial charge on any atom is -0.437 e. The highest BCUT2D eigenvalue weighted by Crippen LogP contribution is 2.27. The monoisotopic (exact) mass is 238 g/mol. The Morgan fingerprint density at radius 1 is 1.11 bits per heavy atom. The summed E-state index contributed by atoms with van der Waals surface area (Å²) in [6, 6.07) is 11.6. The normalized spacial score (nSPS) is 9.89. The Hall–Kier alpha value is -2.34. The van der Waals surface area contributed by atoms with Gasteiger partial charge in [-0.15, -0.1) is 0 Å². The summed E-state index contributed by atoms with van der Waals surface area (Å²) in [7, 11) is 0. The fourth-order valence-corrected chi connectivity index (χ4v) is 1.62. The molecule has 1 heterocycles. The number of benzene rings is 1. The molecule has 0 amide bonds. The molecule has 0 saturated heterocycles. The van der Waals surface area contributed by atoms with E-state index in [4.69, 9.17) is 10.00 Å². The van der Waals surface area contributed by atoms with Crippen molar-refractivity contribution in [2.24, 2.45) is 0 Å². The zero-order valence-electron chi connectivity index (χ0n) is 10.7. The summed E-state index contributed by atoms with van der Waals surface area (Å²) in [6.45, 7) is 5.84. The summed E-state index contributed by atoms with van der Waals surface area (Å²) in [5, 5.41) is 9.04. The van der Waals surface area contributed by atoms with Crippen LogP contribution in [0.4, 0.5) is 0 Å². The maximum absolute atomic E-state index is 9.04. The third kappa shape index (κ3) is 2.49. The molecule has 90 valence electrons. The first-order chi connectivity index (χ1) is 8.60. The number of hydrogen-bond acceptors (Lipinski definition) is 3. The second kappa shape index (κ2) is 4.89. The average Bonchev–Trinajstić information content (AvgIpc) is 2.34. The van der Waals surface area contributed by atoms with E-state index in [-0.39, 0.29) is 0 Å². The number of ether oxygens (including phenoxy) is 1. The summed E-state index contributed by atoms with van der Waals surface area (Å²) in [6.07, 6.45) is 0. The van der Waals surface area contributed by atoms with E-state index >= 15 is 0 Å². The largest absolute Gasteiger partial charge is 0.437 e. The van der Waals surface area contributed by atoms with Crippen molar-refractivity contribution in [1.29, 1.82) is 5.26 Å². The summed E-state index contributed by atoms with van der Waals surface area (Å²) in [5.41, 5.74) is 3.41. The van der Waals surface area contributed by atoms with E-state index in [1.165, 1.54) is 0 Å². The van der Waals surface area contributed by atoms with Gasteiger partial charge in [0.2, 0.25) is 5.88 Å². The number of hydrogen-bond donors (Lipinski definition) is 0. The van der Waals surface area contributed by atoms with Crippen molar-refractivity contribution in [3.63, 3.8) is 0 Å². The van der Waals surface area contributed by atoms with Crippen molar-refractivity contribution < 1.29 is 4.74 Å². The summed E-state index contributed by atoms with van der Waals surface area (Å²) < 4.78 is 5.76. The third-order valence-electron chi connectivity index (χ3n) is 2.67. The van der Waals surface area contributed by atoms with E-state index in [1.807, 2.05) is 39.0 Å². The average molecular weight is 238 g/mol. The van der Waals surface area contributed by atoms with Gasteiger partial charge in [-0.05, 0) is 50.1 Å². The predicted octanol–water partition coefficient (Wildman–Crippen LogP) is 3.67. The zero-order valence-corrected chi connectivity index (χ0v) is 10.7. The first kappa shape index (κ1) is 12.1. The van der Waals surface area contributed by atoms with Crippen LogP contribution in [0.5, 0.6) is 11.6 Å². The van der Waals surface area contributed by atoms with E-state index in [9.17, 15) is 0 Å². The highest BCUT2D eigenvalue weighted by Gasteiger charge is 2.08. The van der Waals surface area contributed by atoms with Crippen LogP contribution in [0.1, 0.15) is 22.4 Å². The van der Waals surface area contributed by atoms with Crippen LogP contribution in [0, 0.1) is 32.1 Å². The Balaban J connectivity index is 2.43. The Morgan fingerprint density at radius 2 is 1.89 bits per heavy atom. The number of rotatable bonds is 2. The van der Waals surface area contributed by atoms with Crippen LogP contribution in [0.2, 0.25) is 0 Å². The van der Waals surface area contributed by atoms with Crippen LogP contribution in [-0.2, 0) is 0 Å². The molecule has 0 fully saturated rings. The molecule has 0 spiro atoms. The molecule has 3 heteroatoms. The lowest BCUT2D eigenvalue weighted by atomic mass is 10.1. The first-order valence-electron chi connectivity index (χ1n) is 5.73. The van der Waals surface area contributed by atoms with Crippen LogP contribution in [0.25, 0.3) is 0 Å². The van der Waals surface area contributed by atoms with Gasteiger partial charge in [0.15, 0.2) is 0 Å². The molecule has 3 nitrogen and oxygen atoms in total. The summed E-state index contributed by atoms with van der Waals surface area (Å²) >= 11 is 0. The molecule has 0 aliphatic heterocycles. The fourth-order valence-electron chi connectivity index (χ4n) is 1.62. The van der Waals surface area contributed by atoms with Crippen molar-refractivity contribution in [2.45, 2.75) is 20.8 Å². The molecular formula is C15H14N2O. The van der Waals surface area contributed by atoms with Crippen LogP contribution in [-0.4, -0.2) is 4.98 Å². The molecule has 1 aromatic carbocycles. The van der Waals surface area contributed by atoms with Gasteiger partial charge in [0, 0.05) is 5.69 Å². The highest BCUT2D eigenvalue weighted by atomic mass is 16.5. The molecule has 0 saturated carbocycles. The molecule has 0 atom stereocenters. The van der Waals surface area contributed by atoms with Crippen molar-refractivity contribution in [3.05, 3.63) is 52.7 Å². The molecule has 0 radical (unpaired) electrons. The Morgan fingerprint density at radius 3 is 2.61 bits per heavy atom. The fraction of sp³-hybridized carbons (Fsp3) is 0.200. The van der Waals surface area contributed by atoms with Gasteiger partial charge in [-0.25, -0.2) is 4.98 Å². The summed E-state index contributed by atoms with van der Waals surface area (Å²) in [5.74, 6) is 1.11. The summed E-state index contributed by atoms with van der Waals surface area (Å²) in [4.78, 5) is 4.27. The SMILES string of the molecule is Cc1ccc(C)c(Oc2nc(C)ccc2C#N)c1. The van der Waals surface area contributed by atoms with E-state index in [0.717, 1.165) is 22.6 Å². The van der Waals surface area contributed by atoms with Crippen LogP contribution < -0.4 is 4.74 Å². The van der Waals surface area contributed by atoms with Crippen molar-refractivity contribution in [2.75, 3.05) is 0 Å². The Kier molecular flexibility index (Phi) is 3.29. The number of pyridine rings is 1. The van der Waals surface area contributed by atoms with E-state index in [2.05, 4.69) is 11.1 Å². The maximum Gasteiger partial charge on any atom is 0.237 e. The second-order valence-corrected chi connectivity index (χ2v) is 4.29. The van der Waals surface area contributed by atoms with Gasteiger partial charge < -0.3 is 4.74 Å². The standard InChI is InChI=1S/C15H14N2O/c1-10-4-5-11(2)14(8-10)18-15-13(9-16)7-6-12(3)17-15/h4-8H,1-3H3. The van der Waals surface area contributed by atoms with E-state index < -0.39 is 0 Å². The van der Waals surface area contributed by atoms with Gasteiger partial charge >= 0.3 is 0 Å². The van der Waals surface area contributed by atoms with Crippen molar-refractivity contribution >= 4 is 0 Å². The minimum absolute atomic E-state index is 0.367. The zero-order chi connectivity index (χ0) is 13.1. The molecule has 2 aromatic rings. The molecule has 0 aliphatic rings. The van der Waals surface area contributed by atoms with Crippen molar-refractivity contribution in [3.8, 4) is 17.7 Å². The Labute approximate surface area is 107 Å². The molecule has 0 N–H and O–H groups in total. The lowest BCUT2D eigenvalue weighted by Crippen LogP contribution is -1.95. The quantitative estimate of drug-likeness (QED) is 0.801. The minimum atomic E-state index is 0.367. The van der Waals surface area contributed by atoms with E-state index in [0.29, 0.717) is 11.4 Å². The number of aryl methyl sites for hydroxylation is 3. The number of aromatic nitrogens is 1. The van der Waals surface area contributed by atoms with Gasteiger partial charge in [-0.1, -0.05) is 12.1 Å². The highest BCUT2D eigenvalue weighted by molar-refractivity contribution is 5.44. The van der Waals surface area contributed by atoms with Crippen molar-refractivity contribution in [1.82, 2.24) is 4.98 Å². The van der Waals surface area contributed by atoms with Gasteiger partial charge in [0.05, 0.1) is 0 Å². The van der Waals surface area contributed by atoms with Gasteiger partial charge in [-0.2, -0.15) is 5.26 Å². The molecule has 0 bridgehead atoms. The first-order valence-corrected chi connectivity index (χ1v) is 5.73. The number of nitriles is 1. The third-order valence-corrected chi connectivity index (χ3v) is 2.67. The van der Waals surface area contributed by atoms with E-state index in [1.54, 1.807) is 12.1 Å². The van der Waals surface area contributed by atoms with Crippen LogP contribution >= 0.6 is 0 Å². The Bertz CT molecular complexity index is 627. The number of nitrogens with zero attached hydrogens (tertiary/aromatic N) is 2. The molecule has 1 aromatic heterocycles.